The van der Waals surface area contributed by atoms with Crippen LogP contribution in [0.1, 0.15) is 40.8 Å². The van der Waals surface area contributed by atoms with Crippen LogP contribution in [0.2, 0.25) is 0 Å². The molecule has 228 valence electrons. The van der Waals surface area contributed by atoms with Gasteiger partial charge >= 0.3 is 25.8 Å². The first-order valence-corrected chi connectivity index (χ1v) is 13.2. The lowest BCUT2D eigenvalue weighted by Gasteiger charge is -2.31. The van der Waals surface area contributed by atoms with E-state index in [1.807, 2.05) is 4.98 Å². The van der Waals surface area contributed by atoms with Crippen molar-refractivity contribution in [3.05, 3.63) is 33.1 Å². The van der Waals surface area contributed by atoms with Gasteiger partial charge in [0.25, 0.3) is 5.56 Å². The molecule has 40 heavy (non-hydrogen) atoms. The smallest absolute Gasteiger partial charge is 0.432 e. The summed E-state index contributed by atoms with van der Waals surface area (Å²) in [7, 11) is -4.91. The second-order valence-electron chi connectivity index (χ2n) is 9.15. The maximum atomic E-state index is 14.4. The Balaban J connectivity index is 2.22. The summed E-state index contributed by atoms with van der Waals surface area (Å²) in [6.07, 6.45) is -6.47. The summed E-state index contributed by atoms with van der Waals surface area (Å²) in [4.78, 5) is 48.7. The molecule has 17 nitrogen and oxygen atoms in total. The molecule has 1 unspecified atom stereocenters. The molecular formula is C21H32FN2O15P. The van der Waals surface area contributed by atoms with Crippen molar-refractivity contribution in [1.29, 1.82) is 0 Å². The quantitative estimate of drug-likeness (QED) is 0.163. The van der Waals surface area contributed by atoms with Gasteiger partial charge in [0.05, 0.1) is 18.8 Å². The normalized spacial score (nSPS) is 24.8. The zero-order valence-corrected chi connectivity index (χ0v) is 23.2. The highest BCUT2D eigenvalue weighted by Gasteiger charge is 2.63. The summed E-state index contributed by atoms with van der Waals surface area (Å²) >= 11 is 0. The van der Waals surface area contributed by atoms with Gasteiger partial charge in [-0.2, -0.15) is 0 Å². The molecule has 1 aromatic rings. The van der Waals surface area contributed by atoms with Gasteiger partial charge in [-0.15, -0.1) is 0 Å². The summed E-state index contributed by atoms with van der Waals surface area (Å²) < 4.78 is 67.2. The van der Waals surface area contributed by atoms with Crippen molar-refractivity contribution in [3.63, 3.8) is 0 Å². The molecule has 3 N–H and O–H groups in total. The van der Waals surface area contributed by atoms with Crippen LogP contribution in [0.4, 0.5) is 14.0 Å². The molecular weight excluding hydrogens is 570 g/mol. The van der Waals surface area contributed by atoms with Gasteiger partial charge in [0, 0.05) is 12.3 Å². The average Bonchev–Trinajstić information content (AvgIpc) is 3.03. The number of H-pyrrole nitrogens is 1. The predicted octanol–water partition coefficient (Wildman–Crippen LogP) is 1.08. The minimum absolute atomic E-state index is 0.562. The number of phosphoric acid groups is 1. The number of hydrogen-bond donors (Lipinski definition) is 3. The first-order valence-electron chi connectivity index (χ1n) is 11.7. The Bertz CT molecular complexity index is 1150. The summed E-state index contributed by atoms with van der Waals surface area (Å²) in [6, 6.07) is 0.920. The Morgan fingerprint density at radius 3 is 2.08 bits per heavy atom. The van der Waals surface area contributed by atoms with Crippen LogP contribution >= 0.6 is 7.82 Å². The van der Waals surface area contributed by atoms with Crippen LogP contribution < -0.4 is 11.2 Å². The van der Waals surface area contributed by atoms with Crippen molar-refractivity contribution in [1.82, 2.24) is 9.55 Å². The SMILES string of the molecule is CC(C)OC(=O)OCOP(=O)(OCOC(=O)OC(C)C)OC[C@@]1(CF)OC(n2ccc(=O)[nH]c2=O)[C@](C)(O)[C@@H]1O. The molecule has 2 rings (SSSR count). The lowest BCUT2D eigenvalue weighted by Crippen LogP contribution is -2.53. The van der Waals surface area contributed by atoms with Crippen LogP contribution in [0.5, 0.6) is 0 Å². The highest BCUT2D eigenvalue weighted by Crippen LogP contribution is 2.52. The fraction of sp³-hybridized carbons (Fsp3) is 0.714. The first-order chi connectivity index (χ1) is 18.5. The van der Waals surface area contributed by atoms with E-state index >= 15 is 0 Å². The van der Waals surface area contributed by atoms with Crippen molar-refractivity contribution in [3.8, 4) is 0 Å². The van der Waals surface area contributed by atoms with Gasteiger partial charge in [-0.05, 0) is 34.6 Å². The number of phosphoric ester groups is 1. The number of aromatic amines is 1. The minimum atomic E-state index is -4.91. The third-order valence-electron chi connectivity index (χ3n) is 5.13. The van der Waals surface area contributed by atoms with E-state index in [0.717, 1.165) is 19.2 Å². The number of hydrogen-bond acceptors (Lipinski definition) is 15. The number of aliphatic hydroxyl groups excluding tert-OH is 1. The van der Waals surface area contributed by atoms with E-state index in [-0.39, 0.29) is 0 Å². The predicted molar refractivity (Wildman–Crippen MR) is 128 cm³/mol. The summed E-state index contributed by atoms with van der Waals surface area (Å²) in [6.45, 7) is 2.29. The van der Waals surface area contributed by atoms with Crippen molar-refractivity contribution in [2.24, 2.45) is 0 Å². The summed E-state index contributed by atoms with van der Waals surface area (Å²) in [5, 5.41) is 21.7. The third kappa shape index (κ3) is 8.57. The molecule has 1 aliphatic heterocycles. The van der Waals surface area contributed by atoms with Crippen molar-refractivity contribution in [2.75, 3.05) is 26.9 Å². The summed E-state index contributed by atoms with van der Waals surface area (Å²) in [5.74, 6) is 0. The van der Waals surface area contributed by atoms with Gasteiger partial charge in [0.15, 0.2) is 11.8 Å². The maximum Gasteiger partial charge on any atom is 0.510 e. The largest absolute Gasteiger partial charge is 0.510 e. The van der Waals surface area contributed by atoms with Crippen LogP contribution in [0.15, 0.2) is 21.9 Å². The lowest BCUT2D eigenvalue weighted by molar-refractivity contribution is -0.141. The van der Waals surface area contributed by atoms with Crippen LogP contribution in [0.25, 0.3) is 0 Å². The zero-order valence-electron chi connectivity index (χ0n) is 22.3. The monoisotopic (exact) mass is 602 g/mol. The molecule has 1 aromatic heterocycles. The fourth-order valence-electron chi connectivity index (χ4n) is 3.31. The molecule has 0 spiro atoms. The van der Waals surface area contributed by atoms with E-state index in [2.05, 4.69) is 9.47 Å². The van der Waals surface area contributed by atoms with Gasteiger partial charge in [-0.3, -0.25) is 18.9 Å². The lowest BCUT2D eigenvalue weighted by atomic mass is 9.88. The number of carbonyl (C=O) groups excluding carboxylic acids is 2. The molecule has 0 radical (unpaired) electrons. The molecule has 19 heteroatoms. The van der Waals surface area contributed by atoms with Gasteiger partial charge in [0.2, 0.25) is 13.6 Å². The Morgan fingerprint density at radius 1 is 1.10 bits per heavy atom. The van der Waals surface area contributed by atoms with E-state index in [4.69, 9.17) is 27.8 Å². The van der Waals surface area contributed by atoms with Gasteiger partial charge in [-0.25, -0.2) is 32.4 Å². The van der Waals surface area contributed by atoms with Crippen molar-refractivity contribution >= 4 is 20.1 Å². The van der Waals surface area contributed by atoms with Gasteiger partial charge in [0.1, 0.15) is 18.4 Å². The second-order valence-corrected chi connectivity index (χ2v) is 10.8. The Labute approximate surface area is 226 Å². The number of ether oxygens (including phenoxy) is 5. The number of alkyl halides is 1. The highest BCUT2D eigenvalue weighted by atomic mass is 31.2. The molecule has 1 saturated heterocycles. The van der Waals surface area contributed by atoms with Crippen LogP contribution in [-0.4, -0.2) is 88.5 Å². The van der Waals surface area contributed by atoms with Gasteiger partial charge in [-0.1, -0.05) is 0 Å². The minimum Gasteiger partial charge on any atom is -0.432 e. The van der Waals surface area contributed by atoms with Gasteiger partial charge < -0.3 is 33.9 Å². The number of nitrogens with zero attached hydrogens (tertiary/aromatic N) is 1. The number of halogens is 1. The highest BCUT2D eigenvalue weighted by molar-refractivity contribution is 7.48. The molecule has 0 saturated carbocycles. The van der Waals surface area contributed by atoms with E-state index in [1.165, 1.54) is 27.7 Å². The van der Waals surface area contributed by atoms with Crippen molar-refractivity contribution < 1.29 is 66.0 Å². The van der Waals surface area contributed by atoms with Crippen LogP contribution in [-0.2, 0) is 41.8 Å². The average molecular weight is 602 g/mol. The van der Waals surface area contributed by atoms with E-state index < -0.39 is 94.0 Å². The summed E-state index contributed by atoms with van der Waals surface area (Å²) in [5.41, 5.74) is -6.64. The van der Waals surface area contributed by atoms with Crippen LogP contribution in [0, 0.1) is 0 Å². The van der Waals surface area contributed by atoms with E-state index in [0.29, 0.717) is 4.57 Å². The molecule has 1 aliphatic rings. The molecule has 2 heterocycles. The first kappa shape index (κ1) is 33.3. The number of aromatic nitrogens is 2. The third-order valence-corrected chi connectivity index (χ3v) is 6.42. The number of carbonyl (C=O) groups is 2. The van der Waals surface area contributed by atoms with E-state index in [1.54, 1.807) is 0 Å². The molecule has 0 bridgehead atoms. The van der Waals surface area contributed by atoms with E-state index in [9.17, 15) is 38.3 Å². The topological polar surface area (TPSA) is 220 Å². The number of aliphatic hydroxyl groups is 2. The molecule has 0 amide bonds. The maximum absolute atomic E-state index is 14.4. The number of nitrogens with one attached hydrogen (secondary N) is 1. The fourth-order valence-corrected chi connectivity index (χ4v) is 4.28. The van der Waals surface area contributed by atoms with Crippen molar-refractivity contribution in [2.45, 2.75) is 70.4 Å². The zero-order chi connectivity index (χ0) is 30.3. The molecule has 4 atom stereocenters. The Hall–Kier alpha value is -2.86. The second kappa shape index (κ2) is 13.7. The van der Waals surface area contributed by atoms with Crippen LogP contribution in [0.3, 0.4) is 0 Å². The standard InChI is InChI=1S/C21H32FN2O15P/c1-12(2)37-18(28)32-10-35-40(31,36-11-33-19(29)38-13(3)4)34-9-21(8-22)15(26)20(5,30)16(39-21)24-7-6-14(25)23-17(24)27/h6-7,12-13,15-16,26,30H,8-11H2,1-5H3,(H,23,25,27)/t15-,16?,20+,21+/m0/s1. The Kier molecular flexibility index (Phi) is 11.4. The number of rotatable bonds is 13. The molecule has 0 aromatic carbocycles. The molecule has 1 fully saturated rings. The molecule has 0 aliphatic carbocycles. The Morgan fingerprint density at radius 2 is 1.62 bits per heavy atom.